The second-order valence-corrected chi connectivity index (χ2v) is 5.72. The number of hydrogen-bond acceptors (Lipinski definition) is 6. The van der Waals surface area contributed by atoms with Crippen molar-refractivity contribution < 1.29 is 18.7 Å². The van der Waals surface area contributed by atoms with Gasteiger partial charge in [0, 0.05) is 17.4 Å². The Morgan fingerprint density at radius 2 is 1.79 bits per heavy atom. The van der Waals surface area contributed by atoms with Crippen LogP contribution in [0.5, 0.6) is 5.75 Å². The van der Waals surface area contributed by atoms with E-state index >= 15 is 0 Å². The first-order chi connectivity index (χ1) is 13.6. The molecule has 0 aliphatic heterocycles. The monoisotopic (exact) mass is 376 g/mol. The Morgan fingerprint density at radius 1 is 1.11 bits per heavy atom. The van der Waals surface area contributed by atoms with Crippen LogP contribution >= 0.6 is 0 Å². The van der Waals surface area contributed by atoms with Crippen LogP contribution in [0.15, 0.2) is 59.5 Å². The lowest BCUT2D eigenvalue weighted by Crippen LogP contribution is -2.29. The Kier molecular flexibility index (Phi) is 5.67. The van der Waals surface area contributed by atoms with E-state index in [1.165, 1.54) is 13.5 Å². The molecule has 3 rings (SSSR count). The van der Waals surface area contributed by atoms with Crippen LogP contribution in [0.2, 0.25) is 0 Å². The van der Waals surface area contributed by atoms with Crippen LogP contribution in [0.1, 0.15) is 5.56 Å². The number of hydrogen-bond donors (Lipinski definition) is 2. The molecule has 0 aliphatic carbocycles. The number of methoxy groups -OCH3 is 1. The van der Waals surface area contributed by atoms with Gasteiger partial charge in [-0.25, -0.2) is 4.98 Å². The van der Waals surface area contributed by atoms with Gasteiger partial charge in [-0.15, -0.1) is 0 Å². The van der Waals surface area contributed by atoms with Crippen molar-refractivity contribution in [1.82, 2.24) is 4.98 Å². The van der Waals surface area contributed by atoms with Gasteiger partial charge >= 0.3 is 11.8 Å². The Labute approximate surface area is 160 Å². The molecule has 0 bridgehead atoms. The molecule has 0 radical (unpaired) electrons. The van der Waals surface area contributed by atoms with Crippen molar-refractivity contribution in [3.63, 3.8) is 0 Å². The number of anilines is 2. The summed E-state index contributed by atoms with van der Waals surface area (Å²) in [5, 5.41) is 13.7. The molecule has 1 heterocycles. The quantitative estimate of drug-likeness (QED) is 0.661. The Hall–Kier alpha value is -4.12. The minimum absolute atomic E-state index is 0.278. The normalized spacial score (nSPS) is 10.0. The van der Waals surface area contributed by atoms with Gasteiger partial charge in [0.1, 0.15) is 5.75 Å². The first-order valence-corrected chi connectivity index (χ1v) is 8.26. The number of nitrogens with one attached hydrogen (secondary N) is 2. The maximum atomic E-state index is 12.2. The maximum absolute atomic E-state index is 12.2. The zero-order valence-corrected chi connectivity index (χ0v) is 14.9. The molecule has 1 aromatic heterocycles. The average Bonchev–Trinajstić information content (AvgIpc) is 3.24. The summed E-state index contributed by atoms with van der Waals surface area (Å²) in [6, 6.07) is 13.6. The van der Waals surface area contributed by atoms with E-state index in [2.05, 4.69) is 15.6 Å². The Bertz CT molecular complexity index is 1020. The molecule has 140 valence electrons. The first kappa shape index (κ1) is 18.7. The largest absolute Gasteiger partial charge is 0.496 e. The van der Waals surface area contributed by atoms with Crippen LogP contribution in [0, 0.1) is 11.3 Å². The molecule has 2 N–H and O–H groups in total. The highest BCUT2D eigenvalue weighted by molar-refractivity contribution is 6.43. The summed E-state index contributed by atoms with van der Waals surface area (Å²) in [6.07, 6.45) is 3.13. The average molecular weight is 376 g/mol. The van der Waals surface area contributed by atoms with Gasteiger partial charge in [-0.1, -0.05) is 12.1 Å². The Balaban J connectivity index is 1.66. The number of benzene rings is 2. The third-order valence-electron chi connectivity index (χ3n) is 3.86. The summed E-state index contributed by atoms with van der Waals surface area (Å²) in [6.45, 7) is 0. The predicted molar refractivity (Wildman–Crippen MR) is 102 cm³/mol. The van der Waals surface area contributed by atoms with E-state index in [9.17, 15) is 9.59 Å². The van der Waals surface area contributed by atoms with Crippen molar-refractivity contribution >= 4 is 23.2 Å². The van der Waals surface area contributed by atoms with E-state index in [1.54, 1.807) is 48.7 Å². The molecule has 0 atom stereocenters. The SMILES string of the molecule is COc1cc(NC(=O)C(=O)Nc2ccc(CC#N)cc2)ccc1-c1cnco1. The summed E-state index contributed by atoms with van der Waals surface area (Å²) >= 11 is 0. The fourth-order valence-corrected chi connectivity index (χ4v) is 2.49. The third-order valence-corrected chi connectivity index (χ3v) is 3.86. The molecule has 3 aromatic rings. The zero-order valence-electron chi connectivity index (χ0n) is 14.9. The van der Waals surface area contributed by atoms with E-state index < -0.39 is 11.8 Å². The number of carbonyl (C=O) groups excluding carboxylic acids is 2. The lowest BCUT2D eigenvalue weighted by molar-refractivity contribution is -0.132. The van der Waals surface area contributed by atoms with Gasteiger partial charge in [0.2, 0.25) is 0 Å². The van der Waals surface area contributed by atoms with Crippen molar-refractivity contribution in [2.24, 2.45) is 0 Å². The minimum Gasteiger partial charge on any atom is -0.496 e. The van der Waals surface area contributed by atoms with Crippen molar-refractivity contribution in [2.75, 3.05) is 17.7 Å². The summed E-state index contributed by atoms with van der Waals surface area (Å²) in [5.74, 6) is -0.655. The molecule has 28 heavy (non-hydrogen) atoms. The van der Waals surface area contributed by atoms with E-state index in [1.807, 2.05) is 6.07 Å². The summed E-state index contributed by atoms with van der Waals surface area (Å²) < 4.78 is 10.6. The highest BCUT2D eigenvalue weighted by Gasteiger charge is 2.16. The lowest BCUT2D eigenvalue weighted by Gasteiger charge is -2.10. The predicted octanol–water partition coefficient (Wildman–Crippen LogP) is 2.99. The van der Waals surface area contributed by atoms with Crippen molar-refractivity contribution in [3.05, 3.63) is 60.6 Å². The third kappa shape index (κ3) is 4.34. The standard InChI is InChI=1S/C20H16N4O4/c1-27-17-10-15(6-7-16(17)18-11-22-12-28-18)24-20(26)19(25)23-14-4-2-13(3-5-14)8-9-21/h2-7,10-12H,8H2,1H3,(H,23,25)(H,24,26). The van der Waals surface area contributed by atoms with Crippen LogP contribution in [0.25, 0.3) is 11.3 Å². The molecule has 0 saturated heterocycles. The van der Waals surface area contributed by atoms with E-state index in [0.717, 1.165) is 5.56 Å². The second kappa shape index (κ2) is 8.51. The van der Waals surface area contributed by atoms with Gasteiger partial charge in [0.25, 0.3) is 0 Å². The van der Waals surface area contributed by atoms with Crippen molar-refractivity contribution in [1.29, 1.82) is 5.26 Å². The number of amides is 2. The number of rotatable bonds is 5. The fourth-order valence-electron chi connectivity index (χ4n) is 2.49. The van der Waals surface area contributed by atoms with Crippen molar-refractivity contribution in [2.45, 2.75) is 6.42 Å². The van der Waals surface area contributed by atoms with Gasteiger partial charge in [0.15, 0.2) is 12.2 Å². The van der Waals surface area contributed by atoms with Gasteiger partial charge in [-0.2, -0.15) is 5.26 Å². The van der Waals surface area contributed by atoms with Crippen LogP contribution in [-0.4, -0.2) is 23.9 Å². The van der Waals surface area contributed by atoms with Crippen LogP contribution in [0.4, 0.5) is 11.4 Å². The lowest BCUT2D eigenvalue weighted by atomic mass is 10.1. The molecule has 0 saturated carbocycles. The van der Waals surface area contributed by atoms with Gasteiger partial charge in [-0.05, 0) is 29.8 Å². The smallest absolute Gasteiger partial charge is 0.314 e. The topological polar surface area (TPSA) is 117 Å². The van der Waals surface area contributed by atoms with Crippen LogP contribution in [-0.2, 0) is 16.0 Å². The number of nitrogens with zero attached hydrogens (tertiary/aromatic N) is 2. The summed E-state index contributed by atoms with van der Waals surface area (Å²) in [7, 11) is 1.49. The molecule has 0 spiro atoms. The Morgan fingerprint density at radius 3 is 2.39 bits per heavy atom. The van der Waals surface area contributed by atoms with Crippen molar-refractivity contribution in [3.8, 4) is 23.1 Å². The zero-order chi connectivity index (χ0) is 19.9. The number of ether oxygens (including phenoxy) is 1. The first-order valence-electron chi connectivity index (χ1n) is 8.26. The highest BCUT2D eigenvalue weighted by Crippen LogP contribution is 2.32. The fraction of sp³-hybridized carbons (Fsp3) is 0.100. The molecule has 8 heteroatoms. The second-order valence-electron chi connectivity index (χ2n) is 5.72. The van der Waals surface area contributed by atoms with Crippen LogP contribution in [0.3, 0.4) is 0 Å². The molecular weight excluding hydrogens is 360 g/mol. The summed E-state index contributed by atoms with van der Waals surface area (Å²) in [5.41, 5.74) is 2.34. The molecule has 2 amide bonds. The molecule has 0 aliphatic rings. The highest BCUT2D eigenvalue weighted by atomic mass is 16.5. The van der Waals surface area contributed by atoms with E-state index in [4.69, 9.17) is 14.4 Å². The molecule has 0 fully saturated rings. The maximum Gasteiger partial charge on any atom is 0.314 e. The molecule has 2 aromatic carbocycles. The van der Waals surface area contributed by atoms with Gasteiger partial charge in [0.05, 0.1) is 31.4 Å². The number of oxazole rings is 1. The molecule has 8 nitrogen and oxygen atoms in total. The molecule has 0 unspecified atom stereocenters. The minimum atomic E-state index is -0.824. The number of nitriles is 1. The number of aromatic nitrogens is 1. The number of carbonyl (C=O) groups is 2. The molecular formula is C20H16N4O4. The van der Waals surface area contributed by atoms with Crippen LogP contribution < -0.4 is 15.4 Å². The van der Waals surface area contributed by atoms with E-state index in [-0.39, 0.29) is 6.42 Å². The van der Waals surface area contributed by atoms with Gasteiger partial charge < -0.3 is 19.8 Å². The van der Waals surface area contributed by atoms with Gasteiger partial charge in [-0.3, -0.25) is 9.59 Å². The van der Waals surface area contributed by atoms with E-state index in [0.29, 0.717) is 28.4 Å². The summed E-state index contributed by atoms with van der Waals surface area (Å²) in [4.78, 5) is 28.1.